The van der Waals surface area contributed by atoms with E-state index in [-0.39, 0.29) is 47.7 Å². The molecule has 0 spiro atoms. The summed E-state index contributed by atoms with van der Waals surface area (Å²) in [5.41, 5.74) is 0.0753. The van der Waals surface area contributed by atoms with Gasteiger partial charge in [-0.1, -0.05) is 30.3 Å². The summed E-state index contributed by atoms with van der Waals surface area (Å²) in [7, 11) is 2.61. The third kappa shape index (κ3) is 11.7. The van der Waals surface area contributed by atoms with E-state index in [1.54, 1.807) is 54.1 Å². The largest absolute Gasteiger partial charge is 0.467 e. The van der Waals surface area contributed by atoms with E-state index in [2.05, 4.69) is 10.6 Å². The second-order valence-corrected chi connectivity index (χ2v) is 18.8. The third-order valence-electron chi connectivity index (χ3n) is 11.0. The maximum absolute atomic E-state index is 14.3. The number of fused-ring (bicyclic) bond motifs is 2. The summed E-state index contributed by atoms with van der Waals surface area (Å²) in [6.45, 7) is 5.21. The van der Waals surface area contributed by atoms with Gasteiger partial charge in [0.2, 0.25) is 23.6 Å². The van der Waals surface area contributed by atoms with Gasteiger partial charge in [0.05, 0.1) is 31.4 Å². The molecule has 0 bridgehead atoms. The molecule has 4 aliphatic heterocycles. The molecule has 16 heteroatoms. The number of amides is 4. The number of carbonyl (C=O) groups is 7. The molecule has 314 valence electrons. The zero-order valence-corrected chi connectivity index (χ0v) is 35.3. The minimum Gasteiger partial charge on any atom is -0.467 e. The molecule has 0 saturated carbocycles. The van der Waals surface area contributed by atoms with Gasteiger partial charge in [-0.15, -0.1) is 23.5 Å². The number of carbonyl (C=O) groups excluding carboxylic acids is 7. The number of hydrogen-bond acceptors (Lipinski definition) is 12. The second-order valence-electron chi connectivity index (χ2n) is 16.2. The monoisotopic (exact) mass is 830 g/mol. The van der Waals surface area contributed by atoms with Gasteiger partial charge in [-0.25, -0.2) is 9.59 Å². The SMILES string of the molecule is COC(=O)[C@@H]1CCC[C@@H]2SCC[C@H](NC(=O)[C@H](CC[C@H](Cc3ccccc3)C(=O)N[C@H]3CCS[C@H]4CCC[C@@H](C(=O)OC)N4C3=O)CC(=O)OC(C)(C)C)C(=O)N21. The summed E-state index contributed by atoms with van der Waals surface area (Å²) in [5, 5.41) is 5.53. The van der Waals surface area contributed by atoms with Gasteiger partial charge in [-0.05, 0) is 108 Å². The van der Waals surface area contributed by atoms with Crippen molar-refractivity contribution < 1.29 is 47.8 Å². The third-order valence-corrected chi connectivity index (χ3v) is 13.7. The quantitative estimate of drug-likeness (QED) is 0.216. The van der Waals surface area contributed by atoms with Crippen molar-refractivity contribution in [1.29, 1.82) is 0 Å². The van der Waals surface area contributed by atoms with Crippen LogP contribution in [0.25, 0.3) is 0 Å². The molecule has 5 rings (SSSR count). The summed E-state index contributed by atoms with van der Waals surface area (Å²) in [6, 6.07) is 6.20. The van der Waals surface area contributed by atoms with Gasteiger partial charge in [0.25, 0.3) is 0 Å². The Bertz CT molecular complexity index is 1620. The maximum Gasteiger partial charge on any atom is 0.328 e. The van der Waals surface area contributed by atoms with Crippen LogP contribution in [0.15, 0.2) is 30.3 Å². The molecule has 4 fully saturated rings. The first-order chi connectivity index (χ1) is 27.2. The molecule has 8 atom stereocenters. The van der Waals surface area contributed by atoms with Gasteiger partial charge in [-0.3, -0.25) is 24.0 Å². The van der Waals surface area contributed by atoms with Gasteiger partial charge >= 0.3 is 17.9 Å². The molecule has 4 amide bonds. The highest BCUT2D eigenvalue weighted by molar-refractivity contribution is 8.00. The summed E-state index contributed by atoms with van der Waals surface area (Å²) < 4.78 is 15.7. The molecule has 0 unspecified atom stereocenters. The minimum atomic E-state index is -0.950. The molecule has 1 aromatic carbocycles. The van der Waals surface area contributed by atoms with Crippen molar-refractivity contribution in [2.75, 3.05) is 25.7 Å². The van der Waals surface area contributed by atoms with Crippen LogP contribution in [0, 0.1) is 11.8 Å². The van der Waals surface area contributed by atoms with Crippen LogP contribution in [-0.2, 0) is 54.2 Å². The molecule has 0 aromatic heterocycles. The smallest absolute Gasteiger partial charge is 0.328 e. The fraction of sp³-hybridized carbons (Fsp3) is 0.683. The van der Waals surface area contributed by atoms with E-state index < -0.39 is 65.4 Å². The molecule has 1 aromatic rings. The summed E-state index contributed by atoms with van der Waals surface area (Å²) in [6.07, 6.45) is 5.05. The fourth-order valence-corrected chi connectivity index (χ4v) is 11.0. The number of rotatable bonds is 13. The van der Waals surface area contributed by atoms with Crippen molar-refractivity contribution in [3.05, 3.63) is 35.9 Å². The predicted molar refractivity (Wildman–Crippen MR) is 215 cm³/mol. The number of benzene rings is 1. The molecular weight excluding hydrogens is 773 g/mol. The summed E-state index contributed by atoms with van der Waals surface area (Å²) in [4.78, 5) is 98.4. The Labute approximate surface area is 344 Å². The average molecular weight is 831 g/mol. The number of piperidine rings is 2. The molecule has 4 saturated heterocycles. The van der Waals surface area contributed by atoms with Gasteiger partial charge in [0, 0.05) is 11.8 Å². The minimum absolute atomic E-state index is 0.107. The van der Waals surface area contributed by atoms with Crippen LogP contribution in [0.3, 0.4) is 0 Å². The Morgan fingerprint density at radius 1 is 0.719 bits per heavy atom. The lowest BCUT2D eigenvalue weighted by atomic mass is 9.88. The van der Waals surface area contributed by atoms with Crippen LogP contribution in [0.5, 0.6) is 0 Å². The van der Waals surface area contributed by atoms with Crippen LogP contribution < -0.4 is 10.6 Å². The van der Waals surface area contributed by atoms with Crippen LogP contribution in [0.4, 0.5) is 0 Å². The van der Waals surface area contributed by atoms with E-state index in [0.717, 1.165) is 31.2 Å². The topological polar surface area (TPSA) is 178 Å². The lowest BCUT2D eigenvalue weighted by Crippen LogP contribution is -2.58. The van der Waals surface area contributed by atoms with Gasteiger partial charge in [-0.2, -0.15) is 0 Å². The van der Waals surface area contributed by atoms with Crippen LogP contribution in [-0.4, -0.2) is 118 Å². The standard InChI is InChI=1S/C41H58N4O10S2/c1-41(2,3)55-34(46)24-27(36(48)43-29-20-22-57-33-16-10-14-31(40(52)54-5)45(33)38(29)50)18-17-26(23-25-11-7-6-8-12-25)35(47)42-28-19-21-56-32-15-9-13-30(39(51)53-4)44(32)37(28)49/h6-8,11-12,26-33H,9-10,13-24H2,1-5H3,(H,42,47)(H,43,48)/t26-,27-,28+,29+,30+,31+,32+,33+/m1/s1. The highest BCUT2D eigenvalue weighted by Gasteiger charge is 2.46. The number of thioether (sulfide) groups is 2. The lowest BCUT2D eigenvalue weighted by molar-refractivity contribution is -0.158. The van der Waals surface area contributed by atoms with Crippen molar-refractivity contribution in [2.24, 2.45) is 11.8 Å². The highest BCUT2D eigenvalue weighted by Crippen LogP contribution is 2.36. The Balaban J connectivity index is 1.35. The number of nitrogens with one attached hydrogen (secondary N) is 2. The zero-order valence-electron chi connectivity index (χ0n) is 33.7. The van der Waals surface area contributed by atoms with Gasteiger partial charge in [0.15, 0.2) is 0 Å². The van der Waals surface area contributed by atoms with E-state index in [0.29, 0.717) is 43.6 Å². The Hall–Kier alpha value is -3.79. The Kier molecular flexibility index (Phi) is 15.8. The number of nitrogens with zero attached hydrogens (tertiary/aromatic N) is 2. The number of hydrogen-bond donors (Lipinski definition) is 2. The van der Waals surface area contributed by atoms with Crippen LogP contribution in [0.2, 0.25) is 0 Å². The number of ether oxygens (including phenoxy) is 3. The maximum atomic E-state index is 14.3. The van der Waals surface area contributed by atoms with Crippen molar-refractivity contribution in [3.63, 3.8) is 0 Å². The van der Waals surface area contributed by atoms with E-state index in [1.807, 2.05) is 30.3 Å². The Morgan fingerprint density at radius 3 is 1.67 bits per heavy atom. The first-order valence-electron chi connectivity index (χ1n) is 20.1. The Morgan fingerprint density at radius 2 is 1.19 bits per heavy atom. The second kappa shape index (κ2) is 20.3. The first-order valence-corrected chi connectivity index (χ1v) is 22.2. The molecule has 2 N–H and O–H groups in total. The normalized spacial score (nSPS) is 26.3. The molecule has 0 aliphatic carbocycles. The van der Waals surface area contributed by atoms with Crippen LogP contribution in [0.1, 0.15) is 97.0 Å². The number of esters is 3. The first kappa shape index (κ1) is 44.3. The predicted octanol–water partition coefficient (Wildman–Crippen LogP) is 3.98. The molecule has 4 aliphatic rings. The zero-order chi connectivity index (χ0) is 41.3. The molecule has 4 heterocycles. The van der Waals surface area contributed by atoms with E-state index in [9.17, 15) is 33.6 Å². The van der Waals surface area contributed by atoms with Gasteiger partial charge in [0.1, 0.15) is 29.8 Å². The fourth-order valence-electron chi connectivity index (χ4n) is 8.22. The number of methoxy groups -OCH3 is 2. The van der Waals surface area contributed by atoms with E-state index in [1.165, 1.54) is 14.2 Å². The summed E-state index contributed by atoms with van der Waals surface area (Å²) >= 11 is 3.18. The molecule has 14 nitrogen and oxygen atoms in total. The van der Waals surface area contributed by atoms with Crippen molar-refractivity contribution in [3.8, 4) is 0 Å². The van der Waals surface area contributed by atoms with Crippen molar-refractivity contribution in [1.82, 2.24) is 20.4 Å². The van der Waals surface area contributed by atoms with Crippen molar-refractivity contribution in [2.45, 2.75) is 138 Å². The lowest BCUT2D eigenvalue weighted by Gasteiger charge is -2.40. The van der Waals surface area contributed by atoms with Crippen molar-refractivity contribution >= 4 is 65.1 Å². The molecule has 0 radical (unpaired) electrons. The summed E-state index contributed by atoms with van der Waals surface area (Å²) in [5.74, 6) is -3.56. The van der Waals surface area contributed by atoms with Gasteiger partial charge < -0.3 is 34.6 Å². The highest BCUT2D eigenvalue weighted by atomic mass is 32.2. The molecular formula is C41H58N4O10S2. The molecule has 57 heavy (non-hydrogen) atoms. The average Bonchev–Trinajstić information content (AvgIpc) is 3.44. The van der Waals surface area contributed by atoms with E-state index in [4.69, 9.17) is 14.2 Å². The van der Waals surface area contributed by atoms with Crippen LogP contribution >= 0.6 is 23.5 Å². The van der Waals surface area contributed by atoms with E-state index >= 15 is 0 Å².